The van der Waals surface area contributed by atoms with E-state index >= 15 is 0 Å². The van der Waals surface area contributed by atoms with E-state index in [1.807, 2.05) is 23.6 Å². The van der Waals surface area contributed by atoms with Crippen LogP contribution in [-0.4, -0.2) is 9.91 Å². The highest BCUT2D eigenvalue weighted by molar-refractivity contribution is 7.09. The molecule has 0 saturated heterocycles. The molecule has 0 fully saturated rings. The van der Waals surface area contributed by atoms with E-state index in [4.69, 9.17) is 5.73 Å². The van der Waals surface area contributed by atoms with Crippen molar-refractivity contribution in [3.8, 4) is 6.07 Å². The molecule has 2 aromatic heterocycles. The lowest BCUT2D eigenvalue weighted by Gasteiger charge is -2.12. The number of benzene rings is 1. The number of hydrogen-bond donors (Lipinski definition) is 2. The predicted octanol–water partition coefficient (Wildman–Crippen LogP) is 3.27. The minimum absolute atomic E-state index is 0.0628. The first-order valence-corrected chi connectivity index (χ1v) is 7.52. The Balaban J connectivity index is 2.15. The first kappa shape index (κ1) is 14.7. The molecule has 0 unspecified atom stereocenters. The molecule has 0 amide bonds. The third kappa shape index (κ3) is 2.77. The molecule has 0 aliphatic carbocycles. The molecular formula is C15H11N5O2S. The molecule has 0 atom stereocenters. The Hall–Kier alpha value is -3.18. The summed E-state index contributed by atoms with van der Waals surface area (Å²) in [5, 5.41) is 26.0. The van der Waals surface area contributed by atoms with Gasteiger partial charge in [0.2, 0.25) is 0 Å². The number of nitrogens with two attached hydrogens (primary N) is 1. The van der Waals surface area contributed by atoms with E-state index in [-0.39, 0.29) is 17.1 Å². The lowest BCUT2D eigenvalue weighted by atomic mass is 10.1. The zero-order valence-corrected chi connectivity index (χ0v) is 12.6. The molecule has 0 aliphatic heterocycles. The summed E-state index contributed by atoms with van der Waals surface area (Å²) in [4.78, 5) is 15.7. The minimum atomic E-state index is -0.481. The van der Waals surface area contributed by atoms with Crippen molar-refractivity contribution in [2.45, 2.75) is 6.54 Å². The number of non-ortho nitro benzene ring substituents is 1. The van der Waals surface area contributed by atoms with Gasteiger partial charge in [-0.2, -0.15) is 5.26 Å². The molecule has 7 nitrogen and oxygen atoms in total. The molecular weight excluding hydrogens is 314 g/mol. The molecule has 3 aromatic rings. The van der Waals surface area contributed by atoms with Crippen LogP contribution in [0.25, 0.3) is 10.9 Å². The lowest BCUT2D eigenvalue weighted by Crippen LogP contribution is -2.05. The molecule has 1 aromatic carbocycles. The number of nitrogens with one attached hydrogen (secondary N) is 1. The average Bonchev–Trinajstić information content (AvgIpc) is 3.05. The summed E-state index contributed by atoms with van der Waals surface area (Å²) in [7, 11) is 0. The van der Waals surface area contributed by atoms with Crippen molar-refractivity contribution in [1.29, 1.82) is 5.26 Å². The number of rotatable bonds is 4. The number of fused-ring (bicyclic) bond motifs is 1. The zero-order chi connectivity index (χ0) is 16.4. The van der Waals surface area contributed by atoms with E-state index in [1.165, 1.54) is 18.2 Å². The third-order valence-electron chi connectivity index (χ3n) is 3.34. The fourth-order valence-corrected chi connectivity index (χ4v) is 2.91. The smallest absolute Gasteiger partial charge is 0.270 e. The Bertz CT molecular complexity index is 931. The molecule has 0 radical (unpaired) electrons. The molecule has 0 saturated carbocycles. The van der Waals surface area contributed by atoms with Gasteiger partial charge in [-0.15, -0.1) is 11.3 Å². The maximum Gasteiger partial charge on any atom is 0.270 e. The van der Waals surface area contributed by atoms with Gasteiger partial charge in [0.15, 0.2) is 0 Å². The third-order valence-corrected chi connectivity index (χ3v) is 4.22. The predicted molar refractivity (Wildman–Crippen MR) is 89.2 cm³/mol. The zero-order valence-electron chi connectivity index (χ0n) is 11.8. The van der Waals surface area contributed by atoms with Crippen molar-refractivity contribution in [2.75, 3.05) is 11.1 Å². The van der Waals surface area contributed by atoms with Crippen LogP contribution in [0, 0.1) is 21.4 Å². The fourth-order valence-electron chi connectivity index (χ4n) is 2.27. The highest BCUT2D eigenvalue weighted by Crippen LogP contribution is 2.32. The van der Waals surface area contributed by atoms with Crippen LogP contribution in [0.2, 0.25) is 0 Å². The molecule has 114 valence electrons. The number of nitro groups is 1. The van der Waals surface area contributed by atoms with E-state index in [0.29, 0.717) is 23.1 Å². The SMILES string of the molecule is N#Cc1c(N)nc2ccc([N+](=O)[O-])cc2c1NCc1cccs1. The van der Waals surface area contributed by atoms with Gasteiger partial charge in [-0.05, 0) is 17.5 Å². The van der Waals surface area contributed by atoms with Crippen molar-refractivity contribution in [1.82, 2.24) is 4.98 Å². The van der Waals surface area contributed by atoms with E-state index in [0.717, 1.165) is 4.88 Å². The summed E-state index contributed by atoms with van der Waals surface area (Å²) < 4.78 is 0. The van der Waals surface area contributed by atoms with Gasteiger partial charge in [-0.1, -0.05) is 6.07 Å². The van der Waals surface area contributed by atoms with Gasteiger partial charge in [-0.25, -0.2) is 4.98 Å². The van der Waals surface area contributed by atoms with Crippen LogP contribution < -0.4 is 11.1 Å². The van der Waals surface area contributed by atoms with E-state index in [2.05, 4.69) is 10.3 Å². The van der Waals surface area contributed by atoms with Gasteiger partial charge in [0.1, 0.15) is 17.5 Å². The van der Waals surface area contributed by atoms with Crippen LogP contribution in [0.15, 0.2) is 35.7 Å². The van der Waals surface area contributed by atoms with Gasteiger partial charge in [0.05, 0.1) is 16.1 Å². The van der Waals surface area contributed by atoms with Crippen LogP contribution in [0.3, 0.4) is 0 Å². The maximum atomic E-state index is 11.0. The Morgan fingerprint density at radius 2 is 2.26 bits per heavy atom. The van der Waals surface area contributed by atoms with Crippen LogP contribution >= 0.6 is 11.3 Å². The Kier molecular flexibility index (Phi) is 3.78. The molecule has 0 aliphatic rings. The van der Waals surface area contributed by atoms with Gasteiger partial charge < -0.3 is 11.1 Å². The number of nitrogen functional groups attached to an aromatic ring is 1. The van der Waals surface area contributed by atoms with Crippen LogP contribution in [0.5, 0.6) is 0 Å². The topological polar surface area (TPSA) is 118 Å². The second-order valence-corrected chi connectivity index (χ2v) is 5.78. The summed E-state index contributed by atoms with van der Waals surface area (Å²) >= 11 is 1.57. The van der Waals surface area contributed by atoms with Gasteiger partial charge in [-0.3, -0.25) is 10.1 Å². The second-order valence-electron chi connectivity index (χ2n) is 4.75. The summed E-state index contributed by atoms with van der Waals surface area (Å²) in [6.45, 7) is 0.494. The number of aromatic nitrogens is 1. The highest BCUT2D eigenvalue weighted by Gasteiger charge is 2.16. The van der Waals surface area contributed by atoms with E-state index in [9.17, 15) is 15.4 Å². The van der Waals surface area contributed by atoms with E-state index < -0.39 is 4.92 Å². The number of hydrogen-bond acceptors (Lipinski definition) is 7. The summed E-state index contributed by atoms with van der Waals surface area (Å²) in [5.74, 6) is 0.0996. The standard InChI is InChI=1S/C15H11N5O2S/c16-7-12-14(18-8-10-2-1-5-23-10)11-6-9(20(21)22)3-4-13(11)19-15(12)17/h1-6H,8H2,(H3,17,18,19). The first-order chi connectivity index (χ1) is 11.1. The first-order valence-electron chi connectivity index (χ1n) is 6.64. The largest absolute Gasteiger partial charge is 0.383 e. The summed E-state index contributed by atoms with van der Waals surface area (Å²) in [5.41, 5.74) is 6.93. The van der Waals surface area contributed by atoms with Crippen molar-refractivity contribution >= 4 is 39.4 Å². The van der Waals surface area contributed by atoms with Crippen molar-refractivity contribution in [2.24, 2.45) is 0 Å². The Morgan fingerprint density at radius 3 is 2.91 bits per heavy atom. The van der Waals surface area contributed by atoms with E-state index in [1.54, 1.807) is 11.3 Å². The molecule has 23 heavy (non-hydrogen) atoms. The number of thiophene rings is 1. The van der Waals surface area contributed by atoms with Crippen LogP contribution in [0.1, 0.15) is 10.4 Å². The fraction of sp³-hybridized carbons (Fsp3) is 0.0667. The summed E-state index contributed by atoms with van der Waals surface area (Å²) in [6.07, 6.45) is 0. The van der Waals surface area contributed by atoms with Gasteiger partial charge in [0.25, 0.3) is 5.69 Å². The van der Waals surface area contributed by atoms with Gasteiger partial charge in [0, 0.05) is 28.9 Å². The highest BCUT2D eigenvalue weighted by atomic mass is 32.1. The summed E-state index contributed by atoms with van der Waals surface area (Å²) in [6, 6.07) is 10.2. The lowest BCUT2D eigenvalue weighted by molar-refractivity contribution is -0.384. The number of nitriles is 1. The molecule has 3 N–H and O–H groups in total. The average molecular weight is 325 g/mol. The number of nitrogens with zero attached hydrogens (tertiary/aromatic N) is 3. The number of pyridine rings is 1. The number of anilines is 2. The number of nitro benzene ring substituents is 1. The van der Waals surface area contributed by atoms with Crippen molar-refractivity contribution in [3.63, 3.8) is 0 Å². The van der Waals surface area contributed by atoms with Gasteiger partial charge >= 0.3 is 0 Å². The second kappa shape index (κ2) is 5.90. The van der Waals surface area contributed by atoms with Crippen molar-refractivity contribution in [3.05, 3.63) is 56.3 Å². The molecule has 3 rings (SSSR count). The van der Waals surface area contributed by atoms with Crippen LogP contribution in [0.4, 0.5) is 17.2 Å². The molecule has 0 spiro atoms. The molecule has 0 bridgehead atoms. The molecule has 2 heterocycles. The van der Waals surface area contributed by atoms with Crippen molar-refractivity contribution < 1.29 is 4.92 Å². The Morgan fingerprint density at radius 1 is 1.43 bits per heavy atom. The Labute approximate surface area is 135 Å². The van der Waals surface area contributed by atoms with Crippen LogP contribution in [-0.2, 0) is 6.54 Å². The minimum Gasteiger partial charge on any atom is -0.383 e. The monoisotopic (exact) mass is 325 g/mol. The maximum absolute atomic E-state index is 11.0. The quantitative estimate of drug-likeness (QED) is 0.561. The normalized spacial score (nSPS) is 10.4. The molecule has 8 heteroatoms.